The summed E-state index contributed by atoms with van der Waals surface area (Å²) in [5, 5.41) is 3.11. The second-order valence-corrected chi connectivity index (χ2v) is 6.97. The highest BCUT2D eigenvalue weighted by atomic mass is 32.2. The zero-order valence-electron chi connectivity index (χ0n) is 15.3. The number of aromatic amines is 1. The van der Waals surface area contributed by atoms with Gasteiger partial charge in [-0.25, -0.2) is 4.98 Å². The number of unbranched alkanes of at least 4 members (excludes halogenated alkanes) is 1. The van der Waals surface area contributed by atoms with Gasteiger partial charge in [-0.15, -0.1) is 0 Å². The highest BCUT2D eigenvalue weighted by Gasteiger charge is 2.16. The molecule has 26 heavy (non-hydrogen) atoms. The SMILES string of the molecule is CCCCNC(=O)CSc1nc2cc(C)[nH]c2c(=O)n1NC(=O)CCC. The standard InChI is InChI=1S/C17H25N5O3S/c1-4-6-8-18-14(24)10-26-17-20-12-9-11(3)19-15(12)16(25)22(17)21-13(23)7-5-2/h9,19H,4-8,10H2,1-3H3,(H,18,24)(H,21,23). The first-order chi connectivity index (χ1) is 12.5. The molecular weight excluding hydrogens is 354 g/mol. The summed E-state index contributed by atoms with van der Waals surface area (Å²) in [5.74, 6) is -0.280. The third-order valence-electron chi connectivity index (χ3n) is 3.65. The Balaban J connectivity index is 2.25. The molecule has 0 aromatic carbocycles. The van der Waals surface area contributed by atoms with Crippen molar-refractivity contribution in [1.82, 2.24) is 20.0 Å². The molecule has 0 bridgehead atoms. The number of hydrogen-bond donors (Lipinski definition) is 3. The van der Waals surface area contributed by atoms with Crippen LogP contribution in [0, 0.1) is 6.92 Å². The summed E-state index contributed by atoms with van der Waals surface area (Å²) in [4.78, 5) is 44.0. The Bertz CT molecular complexity index is 843. The number of rotatable bonds is 9. The molecule has 0 radical (unpaired) electrons. The topological polar surface area (TPSA) is 109 Å². The molecular formula is C17H25N5O3S. The molecule has 0 saturated heterocycles. The van der Waals surface area contributed by atoms with Crippen LogP contribution in [0.5, 0.6) is 0 Å². The highest BCUT2D eigenvalue weighted by Crippen LogP contribution is 2.17. The van der Waals surface area contributed by atoms with Gasteiger partial charge in [-0.05, 0) is 25.8 Å². The van der Waals surface area contributed by atoms with Crippen molar-refractivity contribution in [3.63, 3.8) is 0 Å². The van der Waals surface area contributed by atoms with E-state index < -0.39 is 0 Å². The van der Waals surface area contributed by atoms with Crippen molar-refractivity contribution >= 4 is 34.6 Å². The van der Waals surface area contributed by atoms with E-state index in [0.717, 1.165) is 35.0 Å². The second-order valence-electron chi connectivity index (χ2n) is 6.02. The Kier molecular flexibility index (Phi) is 7.26. The fraction of sp³-hybridized carbons (Fsp3) is 0.529. The summed E-state index contributed by atoms with van der Waals surface area (Å²) >= 11 is 1.12. The van der Waals surface area contributed by atoms with Crippen LogP contribution in [0.2, 0.25) is 0 Å². The van der Waals surface area contributed by atoms with Crippen molar-refractivity contribution in [2.24, 2.45) is 0 Å². The summed E-state index contributed by atoms with van der Waals surface area (Å²) in [7, 11) is 0. The molecule has 142 valence electrons. The highest BCUT2D eigenvalue weighted by molar-refractivity contribution is 7.99. The van der Waals surface area contributed by atoms with E-state index in [4.69, 9.17) is 0 Å². The molecule has 0 spiro atoms. The molecule has 9 heteroatoms. The van der Waals surface area contributed by atoms with Crippen LogP contribution in [0.1, 0.15) is 45.2 Å². The van der Waals surface area contributed by atoms with Gasteiger partial charge in [-0.1, -0.05) is 32.0 Å². The monoisotopic (exact) mass is 379 g/mol. The van der Waals surface area contributed by atoms with E-state index in [1.807, 2.05) is 13.8 Å². The lowest BCUT2D eigenvalue weighted by Crippen LogP contribution is -2.35. The zero-order chi connectivity index (χ0) is 19.1. The maximum atomic E-state index is 12.7. The van der Waals surface area contributed by atoms with Gasteiger partial charge < -0.3 is 10.3 Å². The van der Waals surface area contributed by atoms with E-state index >= 15 is 0 Å². The molecule has 0 unspecified atom stereocenters. The Morgan fingerprint density at radius 1 is 1.27 bits per heavy atom. The first-order valence-corrected chi connectivity index (χ1v) is 9.76. The Morgan fingerprint density at radius 3 is 2.73 bits per heavy atom. The average Bonchev–Trinajstić information content (AvgIpc) is 2.97. The molecule has 0 atom stereocenters. The Labute approximate surface area is 156 Å². The summed E-state index contributed by atoms with van der Waals surface area (Å²) in [6.45, 7) is 6.39. The van der Waals surface area contributed by atoms with Crippen LogP contribution in [0.4, 0.5) is 0 Å². The van der Waals surface area contributed by atoms with E-state index in [1.54, 1.807) is 6.07 Å². The first-order valence-electron chi connectivity index (χ1n) is 8.78. The minimum absolute atomic E-state index is 0.120. The van der Waals surface area contributed by atoms with E-state index in [1.165, 1.54) is 0 Å². The van der Waals surface area contributed by atoms with E-state index in [9.17, 15) is 14.4 Å². The van der Waals surface area contributed by atoms with Crippen LogP contribution >= 0.6 is 11.8 Å². The number of aromatic nitrogens is 3. The maximum Gasteiger partial charge on any atom is 0.297 e. The van der Waals surface area contributed by atoms with E-state index in [-0.39, 0.29) is 28.3 Å². The number of aryl methyl sites for hydroxylation is 1. The van der Waals surface area contributed by atoms with Gasteiger partial charge in [-0.2, -0.15) is 4.68 Å². The molecule has 0 aliphatic heterocycles. The normalized spacial score (nSPS) is 10.9. The molecule has 8 nitrogen and oxygen atoms in total. The third kappa shape index (κ3) is 5.10. The van der Waals surface area contributed by atoms with Gasteiger partial charge in [0.2, 0.25) is 11.8 Å². The van der Waals surface area contributed by atoms with Crippen molar-refractivity contribution in [3.8, 4) is 0 Å². The van der Waals surface area contributed by atoms with E-state index in [0.29, 0.717) is 30.4 Å². The lowest BCUT2D eigenvalue weighted by atomic mass is 10.3. The number of H-pyrrole nitrogens is 1. The Hall–Kier alpha value is -2.29. The van der Waals surface area contributed by atoms with Crippen LogP contribution in [0.25, 0.3) is 11.0 Å². The lowest BCUT2D eigenvalue weighted by molar-refractivity contribution is -0.118. The molecule has 0 aliphatic rings. The van der Waals surface area contributed by atoms with Crippen molar-refractivity contribution in [3.05, 3.63) is 22.1 Å². The van der Waals surface area contributed by atoms with Crippen molar-refractivity contribution in [2.45, 2.75) is 51.6 Å². The quantitative estimate of drug-likeness (QED) is 0.350. The number of fused-ring (bicyclic) bond motifs is 1. The minimum atomic E-state index is -0.388. The van der Waals surface area contributed by atoms with Gasteiger partial charge in [0, 0.05) is 18.7 Å². The van der Waals surface area contributed by atoms with Gasteiger partial charge in [0.1, 0.15) is 5.52 Å². The number of nitrogens with zero attached hydrogens (tertiary/aromatic N) is 2. The van der Waals surface area contributed by atoms with Crippen LogP contribution < -0.4 is 16.3 Å². The molecule has 0 saturated carbocycles. The van der Waals surface area contributed by atoms with Crippen LogP contribution in [0.3, 0.4) is 0 Å². The number of thioether (sulfide) groups is 1. The molecule has 2 heterocycles. The third-order valence-corrected chi connectivity index (χ3v) is 4.59. The second kappa shape index (κ2) is 9.42. The maximum absolute atomic E-state index is 12.7. The predicted molar refractivity (Wildman–Crippen MR) is 103 cm³/mol. The van der Waals surface area contributed by atoms with Gasteiger partial charge in [0.25, 0.3) is 5.56 Å². The number of hydrogen-bond acceptors (Lipinski definition) is 5. The molecule has 0 fully saturated rings. The van der Waals surface area contributed by atoms with Gasteiger partial charge >= 0.3 is 0 Å². The molecule has 3 N–H and O–H groups in total. The summed E-state index contributed by atoms with van der Waals surface area (Å²) in [6, 6.07) is 1.76. The van der Waals surface area contributed by atoms with Gasteiger partial charge in [0.05, 0.1) is 11.3 Å². The fourth-order valence-electron chi connectivity index (χ4n) is 2.37. The van der Waals surface area contributed by atoms with Crippen molar-refractivity contribution < 1.29 is 9.59 Å². The first kappa shape index (κ1) is 20.0. The number of nitrogens with one attached hydrogen (secondary N) is 3. The lowest BCUT2D eigenvalue weighted by Gasteiger charge is -2.12. The largest absolute Gasteiger partial charge is 0.355 e. The summed E-state index contributed by atoms with van der Waals surface area (Å²) < 4.78 is 1.13. The Morgan fingerprint density at radius 2 is 2.04 bits per heavy atom. The molecule has 0 aliphatic carbocycles. The van der Waals surface area contributed by atoms with E-state index in [2.05, 4.69) is 27.6 Å². The fourth-order valence-corrected chi connectivity index (χ4v) is 3.15. The molecule has 2 amide bonds. The smallest absolute Gasteiger partial charge is 0.297 e. The van der Waals surface area contributed by atoms with Crippen LogP contribution in [0.15, 0.2) is 16.0 Å². The van der Waals surface area contributed by atoms with Crippen molar-refractivity contribution in [1.29, 1.82) is 0 Å². The predicted octanol–water partition coefficient (Wildman–Crippen LogP) is 1.91. The van der Waals surface area contributed by atoms with Crippen LogP contribution in [-0.4, -0.2) is 38.8 Å². The average molecular weight is 379 g/mol. The zero-order valence-corrected chi connectivity index (χ0v) is 16.2. The summed E-state index contributed by atoms with van der Waals surface area (Å²) in [6.07, 6.45) is 2.89. The number of amides is 2. The molecule has 2 aromatic rings. The van der Waals surface area contributed by atoms with Gasteiger partial charge in [0.15, 0.2) is 5.16 Å². The number of carbonyl (C=O) groups is 2. The summed E-state index contributed by atoms with van der Waals surface area (Å²) in [5.41, 5.74) is 3.85. The molecule has 2 aromatic heterocycles. The minimum Gasteiger partial charge on any atom is -0.355 e. The van der Waals surface area contributed by atoms with Gasteiger partial charge in [-0.3, -0.25) is 19.8 Å². The van der Waals surface area contributed by atoms with Crippen LogP contribution in [-0.2, 0) is 9.59 Å². The molecule has 2 rings (SSSR count). The van der Waals surface area contributed by atoms with Crippen molar-refractivity contribution in [2.75, 3.05) is 17.7 Å². The number of carbonyl (C=O) groups excluding carboxylic acids is 2.